The maximum absolute atomic E-state index is 13.3. The van der Waals surface area contributed by atoms with Crippen molar-refractivity contribution in [3.05, 3.63) is 54.6 Å². The average Bonchev–Trinajstić information content (AvgIpc) is 3.14. The van der Waals surface area contributed by atoms with E-state index in [0.29, 0.717) is 26.2 Å². The molecule has 2 fully saturated rings. The molecule has 3 unspecified atom stereocenters. The first-order chi connectivity index (χ1) is 15.5. The van der Waals surface area contributed by atoms with Crippen LogP contribution < -0.4 is 20.7 Å². The number of hydrogen-bond acceptors (Lipinski definition) is 6. The standard InChI is InChI=1S/C24H31N5O3/c1-27(2)18-11-9-17(10-12-18)25-23(30)20-15-28(13-14-32-3)16-21-22(20)26-29(24(21)31)19-7-5-4-6-8-19/h4-12,20-22,26H,13-16H2,1-3H3,(H,25,30). The highest BCUT2D eigenvalue weighted by molar-refractivity contribution is 6.00. The molecule has 2 aliphatic heterocycles. The van der Waals surface area contributed by atoms with Gasteiger partial charge in [0.15, 0.2) is 0 Å². The average molecular weight is 438 g/mol. The molecule has 2 amide bonds. The number of hydrogen-bond donors (Lipinski definition) is 2. The molecule has 2 aliphatic rings. The molecule has 0 radical (unpaired) electrons. The fraction of sp³-hybridized carbons (Fsp3) is 0.417. The third-order valence-corrected chi connectivity index (χ3v) is 6.21. The molecular weight excluding hydrogens is 406 g/mol. The molecular formula is C24H31N5O3. The summed E-state index contributed by atoms with van der Waals surface area (Å²) < 4.78 is 5.24. The van der Waals surface area contributed by atoms with Crippen LogP contribution in [0.25, 0.3) is 0 Å². The van der Waals surface area contributed by atoms with Crippen molar-refractivity contribution in [1.82, 2.24) is 10.3 Å². The van der Waals surface area contributed by atoms with Crippen LogP contribution in [0.2, 0.25) is 0 Å². The largest absolute Gasteiger partial charge is 0.383 e. The zero-order chi connectivity index (χ0) is 22.7. The molecule has 0 saturated carbocycles. The smallest absolute Gasteiger partial charge is 0.247 e. The lowest BCUT2D eigenvalue weighted by atomic mass is 9.84. The predicted molar refractivity (Wildman–Crippen MR) is 126 cm³/mol. The Kier molecular flexibility index (Phi) is 6.74. The summed E-state index contributed by atoms with van der Waals surface area (Å²) in [4.78, 5) is 30.8. The van der Waals surface area contributed by atoms with E-state index in [1.54, 1.807) is 12.1 Å². The van der Waals surface area contributed by atoms with Gasteiger partial charge in [0.25, 0.3) is 0 Å². The van der Waals surface area contributed by atoms with Crippen molar-refractivity contribution in [2.45, 2.75) is 6.04 Å². The number of carbonyl (C=O) groups excluding carboxylic acids is 2. The third kappa shape index (κ3) is 4.62. The monoisotopic (exact) mass is 437 g/mol. The van der Waals surface area contributed by atoms with E-state index in [1.165, 1.54) is 0 Å². The topological polar surface area (TPSA) is 77.2 Å². The number of amides is 2. The molecule has 2 heterocycles. The number of benzene rings is 2. The summed E-state index contributed by atoms with van der Waals surface area (Å²) in [5, 5.41) is 4.65. The molecule has 8 heteroatoms. The van der Waals surface area contributed by atoms with Gasteiger partial charge >= 0.3 is 0 Å². The zero-order valence-corrected chi connectivity index (χ0v) is 18.8. The van der Waals surface area contributed by atoms with Gasteiger partial charge in [-0.25, -0.2) is 10.4 Å². The molecule has 170 valence electrons. The highest BCUT2D eigenvalue weighted by Gasteiger charge is 2.50. The van der Waals surface area contributed by atoms with Gasteiger partial charge in [-0.05, 0) is 36.4 Å². The number of rotatable bonds is 7. The summed E-state index contributed by atoms with van der Waals surface area (Å²) in [5.74, 6) is -0.768. The van der Waals surface area contributed by atoms with E-state index in [0.717, 1.165) is 17.1 Å². The molecule has 2 aromatic rings. The van der Waals surface area contributed by atoms with Crippen molar-refractivity contribution >= 4 is 28.9 Å². The van der Waals surface area contributed by atoms with Crippen LogP contribution in [0, 0.1) is 11.8 Å². The summed E-state index contributed by atoms with van der Waals surface area (Å²) in [6, 6.07) is 17.0. The van der Waals surface area contributed by atoms with E-state index >= 15 is 0 Å². The first-order valence-electron chi connectivity index (χ1n) is 10.9. The van der Waals surface area contributed by atoms with Crippen LogP contribution in [-0.4, -0.2) is 70.2 Å². The molecule has 8 nitrogen and oxygen atoms in total. The van der Waals surface area contributed by atoms with Crippen LogP contribution in [0.5, 0.6) is 0 Å². The van der Waals surface area contributed by atoms with Crippen LogP contribution in [0.3, 0.4) is 0 Å². The Morgan fingerprint density at radius 3 is 2.50 bits per heavy atom. The second-order valence-electron chi connectivity index (χ2n) is 8.56. The van der Waals surface area contributed by atoms with Gasteiger partial charge in [-0.2, -0.15) is 0 Å². The summed E-state index contributed by atoms with van der Waals surface area (Å²) in [5.41, 5.74) is 5.93. The van der Waals surface area contributed by atoms with E-state index in [1.807, 2.05) is 73.6 Å². The van der Waals surface area contributed by atoms with Gasteiger partial charge in [-0.15, -0.1) is 0 Å². The Hall–Kier alpha value is -2.94. The lowest BCUT2D eigenvalue weighted by Gasteiger charge is -2.38. The van der Waals surface area contributed by atoms with Gasteiger partial charge in [0.2, 0.25) is 11.8 Å². The lowest BCUT2D eigenvalue weighted by molar-refractivity contribution is -0.126. The van der Waals surface area contributed by atoms with Gasteiger partial charge in [-0.3, -0.25) is 14.5 Å². The molecule has 2 saturated heterocycles. The molecule has 3 atom stereocenters. The number of hydrazine groups is 1. The van der Waals surface area contributed by atoms with E-state index in [-0.39, 0.29) is 29.7 Å². The van der Waals surface area contributed by atoms with Gasteiger partial charge in [0.05, 0.1) is 30.2 Å². The fourth-order valence-corrected chi connectivity index (χ4v) is 4.43. The van der Waals surface area contributed by atoms with Gasteiger partial charge in [0, 0.05) is 52.2 Å². The quantitative estimate of drug-likeness (QED) is 0.688. The van der Waals surface area contributed by atoms with Crippen molar-refractivity contribution in [1.29, 1.82) is 0 Å². The van der Waals surface area contributed by atoms with Crippen molar-refractivity contribution in [3.8, 4) is 0 Å². The van der Waals surface area contributed by atoms with Crippen molar-refractivity contribution in [3.63, 3.8) is 0 Å². The Balaban J connectivity index is 1.54. The first kappa shape index (κ1) is 22.3. The summed E-state index contributed by atoms with van der Waals surface area (Å²) >= 11 is 0. The summed E-state index contributed by atoms with van der Waals surface area (Å²) in [6.07, 6.45) is 0. The minimum Gasteiger partial charge on any atom is -0.383 e. The number of piperidine rings is 1. The molecule has 32 heavy (non-hydrogen) atoms. The van der Waals surface area contributed by atoms with Crippen LogP contribution in [-0.2, 0) is 14.3 Å². The Labute approximate surface area is 189 Å². The second-order valence-corrected chi connectivity index (χ2v) is 8.56. The molecule has 0 spiro atoms. The Morgan fingerprint density at radius 1 is 1.12 bits per heavy atom. The maximum atomic E-state index is 13.3. The SMILES string of the molecule is COCCN1CC(C(=O)Nc2ccc(N(C)C)cc2)C2NN(c3ccccc3)C(=O)C2C1. The minimum atomic E-state index is -0.378. The van der Waals surface area contributed by atoms with E-state index < -0.39 is 0 Å². The summed E-state index contributed by atoms with van der Waals surface area (Å²) in [6.45, 7) is 2.40. The van der Waals surface area contributed by atoms with Gasteiger partial charge < -0.3 is 15.0 Å². The number of carbonyl (C=O) groups is 2. The van der Waals surface area contributed by atoms with Crippen LogP contribution >= 0.6 is 0 Å². The predicted octanol–water partition coefficient (Wildman–Crippen LogP) is 1.81. The normalized spacial score (nSPS) is 23.2. The Morgan fingerprint density at radius 2 is 1.84 bits per heavy atom. The van der Waals surface area contributed by atoms with Crippen molar-refractivity contribution < 1.29 is 14.3 Å². The van der Waals surface area contributed by atoms with E-state index in [9.17, 15) is 9.59 Å². The lowest BCUT2D eigenvalue weighted by Crippen LogP contribution is -2.56. The molecule has 2 aromatic carbocycles. The number of methoxy groups -OCH3 is 1. The highest BCUT2D eigenvalue weighted by Crippen LogP contribution is 2.32. The fourth-order valence-electron chi connectivity index (χ4n) is 4.43. The molecule has 2 N–H and O–H groups in total. The van der Waals surface area contributed by atoms with Crippen molar-refractivity contribution in [2.75, 3.05) is 62.7 Å². The second kappa shape index (κ2) is 9.68. The number of likely N-dealkylation sites (tertiary alicyclic amines) is 1. The number of nitrogens with zero attached hydrogens (tertiary/aromatic N) is 3. The van der Waals surface area contributed by atoms with Crippen LogP contribution in [0.15, 0.2) is 54.6 Å². The highest BCUT2D eigenvalue weighted by atomic mass is 16.5. The number of ether oxygens (including phenoxy) is 1. The van der Waals surface area contributed by atoms with Crippen LogP contribution in [0.4, 0.5) is 17.1 Å². The van der Waals surface area contributed by atoms with E-state index in [2.05, 4.69) is 15.6 Å². The Bertz CT molecular complexity index is 934. The van der Waals surface area contributed by atoms with E-state index in [4.69, 9.17) is 4.74 Å². The summed E-state index contributed by atoms with van der Waals surface area (Å²) in [7, 11) is 5.62. The molecule has 0 aliphatic carbocycles. The molecule has 4 rings (SSSR count). The molecule has 0 aromatic heterocycles. The first-order valence-corrected chi connectivity index (χ1v) is 10.9. The number of para-hydroxylation sites is 1. The number of nitrogens with one attached hydrogen (secondary N) is 2. The third-order valence-electron chi connectivity index (χ3n) is 6.21. The van der Waals surface area contributed by atoms with Gasteiger partial charge in [0.1, 0.15) is 0 Å². The van der Waals surface area contributed by atoms with Gasteiger partial charge in [-0.1, -0.05) is 18.2 Å². The number of anilines is 3. The van der Waals surface area contributed by atoms with Crippen LogP contribution in [0.1, 0.15) is 0 Å². The minimum absolute atomic E-state index is 0.00328. The number of fused-ring (bicyclic) bond motifs is 1. The zero-order valence-electron chi connectivity index (χ0n) is 18.8. The van der Waals surface area contributed by atoms with Crippen molar-refractivity contribution in [2.24, 2.45) is 11.8 Å². The maximum Gasteiger partial charge on any atom is 0.247 e. The molecule has 0 bridgehead atoms.